The quantitative estimate of drug-likeness (QED) is 0.728. The smallest absolute Gasteiger partial charge is 0.0509 e. The minimum absolute atomic E-state index is 0.572. The summed E-state index contributed by atoms with van der Waals surface area (Å²) in [5.41, 5.74) is 1.39. The molecule has 1 aromatic rings. The third-order valence-corrected chi connectivity index (χ3v) is 2.61. The zero-order valence-corrected chi connectivity index (χ0v) is 10.4. The van der Waals surface area contributed by atoms with Crippen molar-refractivity contribution < 1.29 is 4.74 Å². The van der Waals surface area contributed by atoms with Gasteiger partial charge in [0.1, 0.15) is 0 Å². The van der Waals surface area contributed by atoms with Crippen LogP contribution in [0.4, 0.5) is 0 Å². The van der Waals surface area contributed by atoms with Crippen LogP contribution in [0.15, 0.2) is 30.3 Å². The highest BCUT2D eigenvalue weighted by molar-refractivity contribution is 5.15. The molecule has 1 N–H and O–H groups in total. The summed E-state index contributed by atoms with van der Waals surface area (Å²) in [7, 11) is 0. The standard InChI is InChI=1S/C14H23NO/c1-3-15-11-14(12-16-4-2)10-13-8-6-5-7-9-13/h5-9,14-15H,3-4,10-12H2,1-2H3. The van der Waals surface area contributed by atoms with Crippen LogP contribution in [-0.2, 0) is 11.2 Å². The number of benzene rings is 1. The SMILES string of the molecule is CCNCC(COCC)Cc1ccccc1. The lowest BCUT2D eigenvalue weighted by molar-refractivity contribution is 0.110. The summed E-state index contributed by atoms with van der Waals surface area (Å²) in [4.78, 5) is 0. The lowest BCUT2D eigenvalue weighted by Gasteiger charge is -2.17. The van der Waals surface area contributed by atoms with E-state index in [9.17, 15) is 0 Å². The van der Waals surface area contributed by atoms with Gasteiger partial charge in [-0.1, -0.05) is 37.3 Å². The topological polar surface area (TPSA) is 21.3 Å². The summed E-state index contributed by atoms with van der Waals surface area (Å²) in [5.74, 6) is 0.572. The van der Waals surface area contributed by atoms with E-state index in [0.29, 0.717) is 5.92 Å². The Morgan fingerprint density at radius 2 is 1.94 bits per heavy atom. The lowest BCUT2D eigenvalue weighted by Crippen LogP contribution is -2.27. The van der Waals surface area contributed by atoms with E-state index in [1.165, 1.54) is 5.56 Å². The van der Waals surface area contributed by atoms with E-state index in [2.05, 4.69) is 42.6 Å². The Morgan fingerprint density at radius 3 is 2.56 bits per heavy atom. The van der Waals surface area contributed by atoms with Crippen molar-refractivity contribution >= 4 is 0 Å². The van der Waals surface area contributed by atoms with Crippen molar-refractivity contribution in [2.75, 3.05) is 26.3 Å². The van der Waals surface area contributed by atoms with Gasteiger partial charge in [-0.2, -0.15) is 0 Å². The van der Waals surface area contributed by atoms with Gasteiger partial charge >= 0.3 is 0 Å². The molecule has 90 valence electrons. The summed E-state index contributed by atoms with van der Waals surface area (Å²) >= 11 is 0. The number of hydrogen-bond donors (Lipinski definition) is 1. The molecule has 1 rings (SSSR count). The molecule has 0 aromatic heterocycles. The molecule has 16 heavy (non-hydrogen) atoms. The molecule has 0 aliphatic rings. The van der Waals surface area contributed by atoms with E-state index in [4.69, 9.17) is 4.74 Å². The minimum Gasteiger partial charge on any atom is -0.381 e. The average molecular weight is 221 g/mol. The van der Waals surface area contributed by atoms with E-state index in [0.717, 1.165) is 32.7 Å². The van der Waals surface area contributed by atoms with Crippen molar-refractivity contribution in [3.63, 3.8) is 0 Å². The fraction of sp³-hybridized carbons (Fsp3) is 0.571. The van der Waals surface area contributed by atoms with Crippen LogP contribution in [0.5, 0.6) is 0 Å². The zero-order valence-electron chi connectivity index (χ0n) is 10.4. The number of ether oxygens (including phenoxy) is 1. The van der Waals surface area contributed by atoms with E-state index in [1.807, 2.05) is 6.92 Å². The predicted octanol–water partition coefficient (Wildman–Crippen LogP) is 2.49. The van der Waals surface area contributed by atoms with E-state index < -0.39 is 0 Å². The maximum Gasteiger partial charge on any atom is 0.0509 e. The summed E-state index contributed by atoms with van der Waals surface area (Å²) in [6.45, 7) is 7.89. The van der Waals surface area contributed by atoms with Crippen LogP contribution in [0, 0.1) is 5.92 Å². The maximum atomic E-state index is 5.52. The Bertz CT molecular complexity index is 253. The Labute approximate surface area is 99.0 Å². The third-order valence-electron chi connectivity index (χ3n) is 2.61. The molecule has 0 heterocycles. The van der Waals surface area contributed by atoms with Gasteiger partial charge in [0.2, 0.25) is 0 Å². The monoisotopic (exact) mass is 221 g/mol. The van der Waals surface area contributed by atoms with E-state index in [1.54, 1.807) is 0 Å². The lowest BCUT2D eigenvalue weighted by atomic mass is 10.00. The molecule has 0 saturated carbocycles. The fourth-order valence-corrected chi connectivity index (χ4v) is 1.77. The molecule has 0 spiro atoms. The van der Waals surface area contributed by atoms with E-state index in [-0.39, 0.29) is 0 Å². The molecule has 0 aliphatic heterocycles. The number of nitrogens with one attached hydrogen (secondary N) is 1. The van der Waals surface area contributed by atoms with Gasteiger partial charge in [0.25, 0.3) is 0 Å². The molecular weight excluding hydrogens is 198 g/mol. The molecule has 1 unspecified atom stereocenters. The van der Waals surface area contributed by atoms with Gasteiger partial charge < -0.3 is 10.1 Å². The number of hydrogen-bond acceptors (Lipinski definition) is 2. The second-order valence-electron chi connectivity index (χ2n) is 4.02. The fourth-order valence-electron chi connectivity index (χ4n) is 1.77. The first-order valence-corrected chi connectivity index (χ1v) is 6.19. The third kappa shape index (κ3) is 5.29. The van der Waals surface area contributed by atoms with Crippen molar-refractivity contribution in [2.45, 2.75) is 20.3 Å². The second kappa shape index (κ2) is 8.31. The first-order valence-electron chi connectivity index (χ1n) is 6.19. The molecule has 2 nitrogen and oxygen atoms in total. The van der Waals surface area contributed by atoms with Crippen LogP contribution in [0.1, 0.15) is 19.4 Å². The Hall–Kier alpha value is -0.860. The molecule has 1 aromatic carbocycles. The zero-order chi connectivity index (χ0) is 11.6. The summed E-state index contributed by atoms with van der Waals surface area (Å²) < 4.78 is 5.52. The van der Waals surface area contributed by atoms with Gasteiger partial charge in [-0.25, -0.2) is 0 Å². The second-order valence-corrected chi connectivity index (χ2v) is 4.02. The first kappa shape index (κ1) is 13.2. The molecule has 0 bridgehead atoms. The van der Waals surface area contributed by atoms with Gasteiger partial charge in [-0.05, 0) is 31.4 Å². The highest BCUT2D eigenvalue weighted by Gasteiger charge is 2.08. The number of rotatable bonds is 8. The molecule has 0 saturated heterocycles. The molecule has 2 heteroatoms. The van der Waals surface area contributed by atoms with Crippen LogP contribution in [0.2, 0.25) is 0 Å². The normalized spacial score (nSPS) is 12.6. The van der Waals surface area contributed by atoms with Crippen molar-refractivity contribution in [3.8, 4) is 0 Å². The van der Waals surface area contributed by atoms with Crippen molar-refractivity contribution in [2.24, 2.45) is 5.92 Å². The molecule has 0 radical (unpaired) electrons. The predicted molar refractivity (Wildman–Crippen MR) is 68.7 cm³/mol. The average Bonchev–Trinajstić information content (AvgIpc) is 2.34. The molecule has 0 amide bonds. The summed E-state index contributed by atoms with van der Waals surface area (Å²) in [5, 5.41) is 3.40. The Balaban J connectivity index is 2.42. The maximum absolute atomic E-state index is 5.52. The van der Waals surface area contributed by atoms with Gasteiger partial charge in [-0.15, -0.1) is 0 Å². The highest BCUT2D eigenvalue weighted by Crippen LogP contribution is 2.08. The first-order chi connectivity index (χ1) is 7.86. The molecule has 0 aliphatic carbocycles. The largest absolute Gasteiger partial charge is 0.381 e. The molecule has 0 fully saturated rings. The highest BCUT2D eigenvalue weighted by atomic mass is 16.5. The van der Waals surface area contributed by atoms with E-state index >= 15 is 0 Å². The van der Waals surface area contributed by atoms with Crippen molar-refractivity contribution in [1.82, 2.24) is 5.32 Å². The molecular formula is C14H23NO. The summed E-state index contributed by atoms with van der Waals surface area (Å²) in [6, 6.07) is 10.6. The van der Waals surface area contributed by atoms with Crippen molar-refractivity contribution in [3.05, 3.63) is 35.9 Å². The van der Waals surface area contributed by atoms with Gasteiger partial charge in [0, 0.05) is 13.2 Å². The summed E-state index contributed by atoms with van der Waals surface area (Å²) in [6.07, 6.45) is 1.09. The van der Waals surface area contributed by atoms with Crippen LogP contribution >= 0.6 is 0 Å². The van der Waals surface area contributed by atoms with Gasteiger partial charge in [0.15, 0.2) is 0 Å². The Kier molecular flexibility index (Phi) is 6.86. The van der Waals surface area contributed by atoms with Gasteiger partial charge in [0.05, 0.1) is 6.61 Å². The van der Waals surface area contributed by atoms with Crippen molar-refractivity contribution in [1.29, 1.82) is 0 Å². The van der Waals surface area contributed by atoms with Gasteiger partial charge in [-0.3, -0.25) is 0 Å². The van der Waals surface area contributed by atoms with Crippen LogP contribution in [0.3, 0.4) is 0 Å². The molecule has 1 atom stereocenters. The van der Waals surface area contributed by atoms with Crippen LogP contribution < -0.4 is 5.32 Å². The van der Waals surface area contributed by atoms with Crippen LogP contribution in [-0.4, -0.2) is 26.3 Å². The minimum atomic E-state index is 0.572. The Morgan fingerprint density at radius 1 is 1.19 bits per heavy atom. The van der Waals surface area contributed by atoms with Crippen LogP contribution in [0.25, 0.3) is 0 Å².